The molecule has 2 amide bonds. The van der Waals surface area contributed by atoms with Crippen LogP contribution in [0.3, 0.4) is 0 Å². The summed E-state index contributed by atoms with van der Waals surface area (Å²) in [6.07, 6.45) is 1.11. The second-order valence-corrected chi connectivity index (χ2v) is 3.16. The quantitative estimate of drug-likeness (QED) is 0.668. The van der Waals surface area contributed by atoms with E-state index < -0.39 is 12.2 Å². The number of primary amides is 2. The van der Waals surface area contributed by atoms with Crippen molar-refractivity contribution in [3.8, 4) is 0 Å². The summed E-state index contributed by atoms with van der Waals surface area (Å²) in [5.74, 6) is 0. The maximum Gasteiger partial charge on any atom is 0.404 e. The van der Waals surface area contributed by atoms with Gasteiger partial charge in [-0.25, -0.2) is 9.59 Å². The van der Waals surface area contributed by atoms with Gasteiger partial charge in [0.2, 0.25) is 0 Å². The highest BCUT2D eigenvalue weighted by Gasteiger charge is 2.12. The van der Waals surface area contributed by atoms with E-state index in [0.717, 1.165) is 12.8 Å². The average Bonchev–Trinajstić information content (AvgIpc) is 2.12. The van der Waals surface area contributed by atoms with E-state index in [9.17, 15) is 9.59 Å². The van der Waals surface area contributed by atoms with Crippen LogP contribution in [0.1, 0.15) is 32.6 Å². The molecule has 0 saturated carbocycles. The molecule has 0 rings (SSSR count). The minimum Gasteiger partial charge on any atom is -0.450 e. The van der Waals surface area contributed by atoms with Crippen molar-refractivity contribution in [3.05, 3.63) is 0 Å². The number of unbranched alkanes of at least 4 members (excludes halogenated alkanes) is 1. The third-order valence-electron chi connectivity index (χ3n) is 1.85. The smallest absolute Gasteiger partial charge is 0.404 e. The van der Waals surface area contributed by atoms with Crippen LogP contribution in [0.5, 0.6) is 0 Å². The Bertz CT molecular complexity index is 208. The lowest BCUT2D eigenvalue weighted by Gasteiger charge is -2.15. The normalized spacial score (nSPS) is 11.8. The van der Waals surface area contributed by atoms with Gasteiger partial charge in [-0.3, -0.25) is 0 Å². The fourth-order valence-corrected chi connectivity index (χ4v) is 1.15. The molecule has 1 unspecified atom stereocenters. The van der Waals surface area contributed by atoms with Gasteiger partial charge in [0.25, 0.3) is 0 Å². The molecule has 0 aliphatic rings. The summed E-state index contributed by atoms with van der Waals surface area (Å²) >= 11 is 0. The minimum absolute atomic E-state index is 0.136. The predicted molar refractivity (Wildman–Crippen MR) is 54.1 cm³/mol. The van der Waals surface area contributed by atoms with E-state index >= 15 is 0 Å². The highest BCUT2D eigenvalue weighted by atomic mass is 16.6. The molecule has 0 spiro atoms. The lowest BCUT2D eigenvalue weighted by molar-refractivity contribution is 0.0753. The minimum atomic E-state index is -0.830. The third-order valence-corrected chi connectivity index (χ3v) is 1.85. The van der Waals surface area contributed by atoms with Crippen molar-refractivity contribution in [2.75, 3.05) is 6.61 Å². The number of hydrogen-bond acceptors (Lipinski definition) is 4. The Balaban J connectivity index is 3.78. The molecule has 88 valence electrons. The van der Waals surface area contributed by atoms with E-state index in [-0.39, 0.29) is 12.7 Å². The summed E-state index contributed by atoms with van der Waals surface area (Å²) < 4.78 is 9.38. The Morgan fingerprint density at radius 3 is 2.33 bits per heavy atom. The number of rotatable bonds is 7. The van der Waals surface area contributed by atoms with Gasteiger partial charge in [-0.1, -0.05) is 19.8 Å². The second kappa shape index (κ2) is 7.90. The van der Waals surface area contributed by atoms with Crippen LogP contribution in [0.4, 0.5) is 9.59 Å². The van der Waals surface area contributed by atoms with Crippen LogP contribution in [0.15, 0.2) is 0 Å². The fourth-order valence-electron chi connectivity index (χ4n) is 1.15. The Labute approximate surface area is 88.9 Å². The first-order valence-corrected chi connectivity index (χ1v) is 4.94. The van der Waals surface area contributed by atoms with Crippen molar-refractivity contribution < 1.29 is 19.1 Å². The van der Waals surface area contributed by atoms with E-state index in [1.165, 1.54) is 0 Å². The van der Waals surface area contributed by atoms with Crippen molar-refractivity contribution in [1.82, 2.24) is 0 Å². The van der Waals surface area contributed by atoms with E-state index in [4.69, 9.17) is 16.2 Å². The van der Waals surface area contributed by atoms with Gasteiger partial charge in [0, 0.05) is 6.42 Å². The summed E-state index contributed by atoms with van der Waals surface area (Å²) in [7, 11) is 0. The first kappa shape index (κ1) is 13.5. The Kier molecular flexibility index (Phi) is 7.13. The highest BCUT2D eigenvalue weighted by molar-refractivity contribution is 5.65. The molecule has 0 bridgehead atoms. The van der Waals surface area contributed by atoms with E-state index in [1.807, 2.05) is 6.92 Å². The van der Waals surface area contributed by atoms with Crippen LogP contribution in [0.2, 0.25) is 0 Å². The van der Waals surface area contributed by atoms with Crippen LogP contribution in [0, 0.1) is 0 Å². The van der Waals surface area contributed by atoms with Gasteiger partial charge < -0.3 is 20.9 Å². The molecule has 0 heterocycles. The topological polar surface area (TPSA) is 105 Å². The summed E-state index contributed by atoms with van der Waals surface area (Å²) in [6.45, 7) is 2.16. The number of nitrogens with two attached hydrogens (primary N) is 2. The molecule has 6 nitrogen and oxygen atoms in total. The number of carbonyl (C=O) groups excluding carboxylic acids is 2. The van der Waals surface area contributed by atoms with Crippen molar-refractivity contribution in [2.45, 2.75) is 38.7 Å². The average molecular weight is 218 g/mol. The summed E-state index contributed by atoms with van der Waals surface area (Å²) in [5.41, 5.74) is 9.69. The lowest BCUT2D eigenvalue weighted by Crippen LogP contribution is -2.25. The largest absolute Gasteiger partial charge is 0.450 e. The van der Waals surface area contributed by atoms with Gasteiger partial charge in [-0.05, 0) is 6.42 Å². The number of carbonyl (C=O) groups is 2. The lowest BCUT2D eigenvalue weighted by atomic mass is 10.1. The number of hydrogen-bond donors (Lipinski definition) is 2. The van der Waals surface area contributed by atoms with Gasteiger partial charge in [-0.2, -0.15) is 0 Å². The van der Waals surface area contributed by atoms with Gasteiger partial charge in [0.15, 0.2) is 0 Å². The van der Waals surface area contributed by atoms with Crippen molar-refractivity contribution >= 4 is 12.2 Å². The monoisotopic (exact) mass is 218 g/mol. The van der Waals surface area contributed by atoms with Crippen LogP contribution < -0.4 is 11.5 Å². The third kappa shape index (κ3) is 8.86. The van der Waals surface area contributed by atoms with Crippen LogP contribution in [0.25, 0.3) is 0 Å². The Morgan fingerprint density at radius 1 is 1.20 bits per heavy atom. The molecule has 0 aromatic carbocycles. The van der Waals surface area contributed by atoms with E-state index in [0.29, 0.717) is 12.8 Å². The second-order valence-electron chi connectivity index (χ2n) is 3.16. The molecule has 0 aliphatic carbocycles. The summed E-state index contributed by atoms with van der Waals surface area (Å²) in [6, 6.07) is 0. The summed E-state index contributed by atoms with van der Waals surface area (Å²) in [4.78, 5) is 20.8. The Morgan fingerprint density at radius 2 is 1.87 bits per heavy atom. The molecule has 15 heavy (non-hydrogen) atoms. The van der Waals surface area contributed by atoms with Gasteiger partial charge >= 0.3 is 12.2 Å². The molecule has 4 N–H and O–H groups in total. The molecule has 0 aromatic rings. The number of amides is 2. The standard InChI is InChI=1S/C9H18N2O4/c1-2-3-4-7(15-9(11)13)5-6-14-8(10)12/h7H,2-6H2,1H3,(H2,10,12)(H2,11,13). The highest BCUT2D eigenvalue weighted by Crippen LogP contribution is 2.09. The molecule has 0 saturated heterocycles. The Hall–Kier alpha value is -1.46. The molecular weight excluding hydrogens is 200 g/mol. The van der Waals surface area contributed by atoms with Crippen LogP contribution in [-0.2, 0) is 9.47 Å². The summed E-state index contributed by atoms with van der Waals surface area (Å²) in [5, 5.41) is 0. The van der Waals surface area contributed by atoms with Crippen LogP contribution >= 0.6 is 0 Å². The zero-order valence-electron chi connectivity index (χ0n) is 8.90. The molecule has 0 aromatic heterocycles. The van der Waals surface area contributed by atoms with Gasteiger partial charge in [0.1, 0.15) is 6.10 Å². The molecule has 6 heteroatoms. The molecular formula is C9H18N2O4. The van der Waals surface area contributed by atoms with E-state index in [1.54, 1.807) is 0 Å². The van der Waals surface area contributed by atoms with E-state index in [2.05, 4.69) is 4.74 Å². The maximum atomic E-state index is 10.5. The zero-order chi connectivity index (χ0) is 11.7. The zero-order valence-corrected chi connectivity index (χ0v) is 8.90. The predicted octanol–water partition coefficient (Wildman–Crippen LogP) is 1.13. The van der Waals surface area contributed by atoms with Crippen molar-refractivity contribution in [3.63, 3.8) is 0 Å². The first-order valence-electron chi connectivity index (χ1n) is 4.94. The molecule has 0 aliphatic heterocycles. The SMILES string of the molecule is CCCCC(CCOC(N)=O)OC(N)=O. The first-order chi connectivity index (χ1) is 7.06. The molecule has 0 fully saturated rings. The van der Waals surface area contributed by atoms with Gasteiger partial charge in [0.05, 0.1) is 6.61 Å². The molecule has 1 atom stereocenters. The molecule has 0 radical (unpaired) electrons. The maximum absolute atomic E-state index is 10.5. The van der Waals surface area contributed by atoms with Crippen molar-refractivity contribution in [2.24, 2.45) is 11.5 Å². The van der Waals surface area contributed by atoms with Gasteiger partial charge in [-0.15, -0.1) is 0 Å². The fraction of sp³-hybridized carbons (Fsp3) is 0.778. The van der Waals surface area contributed by atoms with Crippen molar-refractivity contribution in [1.29, 1.82) is 0 Å². The van der Waals surface area contributed by atoms with Crippen LogP contribution in [-0.4, -0.2) is 24.9 Å². The number of ether oxygens (including phenoxy) is 2.